The molecule has 0 radical (unpaired) electrons. The first-order valence-corrected chi connectivity index (χ1v) is 34.4. The lowest BCUT2D eigenvalue weighted by Gasteiger charge is -2.48. The molecule has 0 saturated carbocycles. The van der Waals surface area contributed by atoms with Crippen molar-refractivity contribution in [3.63, 3.8) is 0 Å². The predicted molar refractivity (Wildman–Crippen MR) is 410 cm³/mol. The molecule has 0 unspecified atom stereocenters. The summed E-state index contributed by atoms with van der Waals surface area (Å²) in [6, 6.07) is 106. The van der Waals surface area contributed by atoms with E-state index in [9.17, 15) is 0 Å². The zero-order valence-corrected chi connectivity index (χ0v) is 57.6. The van der Waals surface area contributed by atoms with Crippen molar-refractivity contribution >= 4 is 114 Å². The normalized spacial score (nSPS) is 14.9. The highest BCUT2D eigenvalue weighted by Crippen LogP contribution is 2.64. The summed E-state index contributed by atoms with van der Waals surface area (Å²) >= 11 is 0. The van der Waals surface area contributed by atoms with Gasteiger partial charge in [-0.15, -0.1) is 0 Å². The molecule has 0 N–H and O–H groups in total. The van der Waals surface area contributed by atoms with E-state index in [4.69, 9.17) is 0 Å². The molecular formula is C89H82N8. The molecule has 8 nitrogen and oxygen atoms in total. The number of hydrogen-bond acceptors (Lipinski definition) is 8. The maximum Gasteiger partial charge on any atom is 0.0716 e. The van der Waals surface area contributed by atoms with Gasteiger partial charge in [-0.05, 0) is 250 Å². The van der Waals surface area contributed by atoms with E-state index in [0.29, 0.717) is 0 Å². The third-order valence-electron chi connectivity index (χ3n) is 20.2. The Morgan fingerprint density at radius 2 is 0.361 bits per heavy atom. The Bertz CT molecular complexity index is 4370. The van der Waals surface area contributed by atoms with Gasteiger partial charge < -0.3 is 39.2 Å². The number of rotatable bonds is 6. The van der Waals surface area contributed by atoms with Crippen LogP contribution in [0.5, 0.6) is 0 Å². The molecular weight excluding hydrogens is 1180 g/mol. The van der Waals surface area contributed by atoms with Gasteiger partial charge in [0.05, 0.1) is 96.4 Å². The predicted octanol–water partition coefficient (Wildman–Crippen LogP) is 24.9. The van der Waals surface area contributed by atoms with Crippen molar-refractivity contribution in [1.82, 2.24) is 0 Å². The molecule has 4 aliphatic heterocycles. The Balaban J connectivity index is 1.03. The first kappa shape index (κ1) is 59.8. The summed E-state index contributed by atoms with van der Waals surface area (Å²) in [6.45, 7) is 27.9. The Morgan fingerprint density at radius 1 is 0.196 bits per heavy atom. The molecule has 478 valence electrons. The van der Waals surface area contributed by atoms with Gasteiger partial charge in [0.2, 0.25) is 0 Å². The maximum atomic E-state index is 2.55. The Labute approximate surface area is 572 Å². The van der Waals surface area contributed by atoms with Crippen LogP contribution in [0.3, 0.4) is 0 Å². The molecule has 0 aromatic heterocycles. The van der Waals surface area contributed by atoms with E-state index in [1.807, 2.05) is 0 Å². The maximum absolute atomic E-state index is 2.55. The van der Waals surface area contributed by atoms with Crippen LogP contribution in [-0.2, 0) is 5.41 Å². The lowest BCUT2D eigenvalue weighted by Crippen LogP contribution is -2.41. The Hall–Kier alpha value is -11.0. The van der Waals surface area contributed by atoms with Crippen molar-refractivity contribution in [2.75, 3.05) is 39.2 Å². The van der Waals surface area contributed by atoms with Crippen LogP contribution in [-0.4, -0.2) is 22.2 Å². The molecule has 17 rings (SSSR count). The lowest BCUT2D eigenvalue weighted by atomic mass is 9.67. The second kappa shape index (κ2) is 21.5. The van der Waals surface area contributed by atoms with Gasteiger partial charge in [-0.1, -0.05) is 146 Å². The monoisotopic (exact) mass is 1260 g/mol. The van der Waals surface area contributed by atoms with Crippen LogP contribution in [0.2, 0.25) is 0 Å². The van der Waals surface area contributed by atoms with Gasteiger partial charge in [-0.2, -0.15) is 0 Å². The standard InChI is InChI=1S/C89H82N8/c1-85(2,3)94-77-45-25-17-37-69(77)90(70-38-18-26-46-78(70)94)61-53-59(54-62(57-61)91-71-39-19-27-47-79(71)95(86(4,5)6)80-48-28-20-40-72(80)91)89(67-35-15-13-33-65(67)66-34-14-16-36-68(66)89)60-55-63(92-73-41-21-29-49-81(73)96(87(7,8)9)82-50-30-22-42-74(82)92)58-64(56-60)93-75-43-23-31-51-83(75)97(88(10,11)12)84-52-32-24-44-76(84)93/h13-58H,1-12H3. The van der Waals surface area contributed by atoms with Crippen molar-refractivity contribution < 1.29 is 0 Å². The zero-order chi connectivity index (χ0) is 66.7. The minimum Gasteiger partial charge on any atom is -0.333 e. The van der Waals surface area contributed by atoms with Gasteiger partial charge in [0.25, 0.3) is 0 Å². The molecule has 5 aliphatic rings. The minimum atomic E-state index is -0.972. The molecule has 12 aromatic rings. The Morgan fingerprint density at radius 3 is 0.546 bits per heavy atom. The summed E-state index contributed by atoms with van der Waals surface area (Å²) in [4.78, 5) is 20.3. The average molecular weight is 1260 g/mol. The van der Waals surface area contributed by atoms with Gasteiger partial charge in [-0.25, -0.2) is 0 Å². The molecule has 12 aromatic carbocycles. The topological polar surface area (TPSA) is 25.9 Å². The number of para-hydroxylation sites is 16. The highest BCUT2D eigenvalue weighted by Gasteiger charge is 2.49. The first-order valence-electron chi connectivity index (χ1n) is 34.4. The fourth-order valence-corrected chi connectivity index (χ4v) is 16.9. The summed E-state index contributed by atoms with van der Waals surface area (Å²) in [5.74, 6) is 0. The third kappa shape index (κ3) is 9.02. The average Bonchev–Trinajstić information content (AvgIpc) is 1.61. The Kier molecular flexibility index (Phi) is 13.3. The summed E-state index contributed by atoms with van der Waals surface area (Å²) in [5.41, 5.74) is 27.5. The van der Waals surface area contributed by atoms with Crippen molar-refractivity contribution in [2.24, 2.45) is 0 Å². The van der Waals surface area contributed by atoms with E-state index in [1.54, 1.807) is 0 Å². The van der Waals surface area contributed by atoms with E-state index >= 15 is 0 Å². The number of fused-ring (bicyclic) bond motifs is 11. The van der Waals surface area contributed by atoms with Gasteiger partial charge in [-0.3, -0.25) is 0 Å². The molecule has 1 aliphatic carbocycles. The van der Waals surface area contributed by atoms with Gasteiger partial charge >= 0.3 is 0 Å². The molecule has 4 heterocycles. The highest BCUT2D eigenvalue weighted by molar-refractivity contribution is 6.05. The van der Waals surface area contributed by atoms with Crippen molar-refractivity contribution in [1.29, 1.82) is 0 Å². The van der Waals surface area contributed by atoms with E-state index in [1.165, 1.54) is 22.3 Å². The molecule has 0 amide bonds. The van der Waals surface area contributed by atoms with Crippen LogP contribution in [0, 0.1) is 0 Å². The van der Waals surface area contributed by atoms with Crippen LogP contribution in [0.1, 0.15) is 105 Å². The highest BCUT2D eigenvalue weighted by atomic mass is 15.3. The number of nitrogens with zero attached hydrogens (tertiary/aromatic N) is 8. The van der Waals surface area contributed by atoms with Crippen LogP contribution in [0.4, 0.5) is 114 Å². The van der Waals surface area contributed by atoms with Crippen LogP contribution in [0.25, 0.3) is 11.1 Å². The molecule has 0 bridgehead atoms. The van der Waals surface area contributed by atoms with Gasteiger partial charge in [0, 0.05) is 44.9 Å². The van der Waals surface area contributed by atoms with E-state index in [0.717, 1.165) is 125 Å². The second-order valence-electron chi connectivity index (χ2n) is 30.6. The van der Waals surface area contributed by atoms with E-state index < -0.39 is 5.41 Å². The van der Waals surface area contributed by atoms with E-state index in [-0.39, 0.29) is 22.2 Å². The fraction of sp³-hybridized carbons (Fsp3) is 0.191. The van der Waals surface area contributed by atoms with Gasteiger partial charge in [0.15, 0.2) is 0 Å². The molecule has 97 heavy (non-hydrogen) atoms. The molecule has 0 atom stereocenters. The summed E-state index contributed by atoms with van der Waals surface area (Å²) < 4.78 is 0. The molecule has 0 spiro atoms. The van der Waals surface area contributed by atoms with E-state index in [2.05, 4.69) is 401 Å². The van der Waals surface area contributed by atoms with Crippen molar-refractivity contribution in [3.05, 3.63) is 301 Å². The number of benzene rings is 12. The first-order chi connectivity index (χ1) is 46.7. The lowest BCUT2D eigenvalue weighted by molar-refractivity contribution is 0.558. The van der Waals surface area contributed by atoms with Crippen molar-refractivity contribution in [2.45, 2.75) is 111 Å². The van der Waals surface area contributed by atoms with Crippen LogP contribution < -0.4 is 39.2 Å². The molecule has 0 saturated heterocycles. The summed E-state index contributed by atoms with van der Waals surface area (Å²) in [7, 11) is 0. The summed E-state index contributed by atoms with van der Waals surface area (Å²) in [5, 5.41) is 0. The van der Waals surface area contributed by atoms with Crippen LogP contribution >= 0.6 is 0 Å². The third-order valence-corrected chi connectivity index (χ3v) is 20.2. The molecule has 0 fully saturated rings. The van der Waals surface area contributed by atoms with Crippen LogP contribution in [0.15, 0.2) is 279 Å². The number of anilines is 20. The largest absolute Gasteiger partial charge is 0.333 e. The summed E-state index contributed by atoms with van der Waals surface area (Å²) in [6.07, 6.45) is 0. The minimum absolute atomic E-state index is 0.254. The zero-order valence-electron chi connectivity index (χ0n) is 57.6. The van der Waals surface area contributed by atoms with Crippen molar-refractivity contribution in [3.8, 4) is 11.1 Å². The number of hydrogen-bond donors (Lipinski definition) is 0. The quantitative estimate of drug-likeness (QED) is 0.163. The second-order valence-corrected chi connectivity index (χ2v) is 30.6. The molecule has 8 heteroatoms. The smallest absolute Gasteiger partial charge is 0.0716 e. The fourth-order valence-electron chi connectivity index (χ4n) is 16.9. The SMILES string of the molecule is CC(C)(C)N1c2ccccc2N(c2cc(N3c4ccccc4N(C(C)(C)C)c4ccccc43)cc(C3(c4cc(N5c6ccccc6N(C(C)(C)C)c6ccccc65)cc(N5c6ccccc6N(C(C)(C)C)c6ccccc65)c4)c4ccccc4-c4ccccc43)c2)c2ccccc21. The van der Waals surface area contributed by atoms with Gasteiger partial charge in [0.1, 0.15) is 0 Å².